The van der Waals surface area contributed by atoms with Gasteiger partial charge in [0.1, 0.15) is 6.10 Å². The van der Waals surface area contributed by atoms with Crippen LogP contribution in [0.15, 0.2) is 24.3 Å². The fourth-order valence-electron chi connectivity index (χ4n) is 1.57. The predicted molar refractivity (Wildman–Crippen MR) is 68.7 cm³/mol. The first-order valence-electron chi connectivity index (χ1n) is 6.08. The minimum Gasteiger partial charge on any atom is -0.461 e. The Hall–Kier alpha value is -1.35. The second kappa shape index (κ2) is 7.07. The first kappa shape index (κ1) is 13.7. The highest BCUT2D eigenvalue weighted by Gasteiger charge is 2.06. The van der Waals surface area contributed by atoms with E-state index in [0.29, 0.717) is 13.0 Å². The van der Waals surface area contributed by atoms with Crippen molar-refractivity contribution >= 4 is 5.97 Å². The molecule has 0 fully saturated rings. The Morgan fingerprint density at radius 1 is 1.41 bits per heavy atom. The molecule has 94 valence electrons. The number of carbonyl (C=O) groups is 1. The summed E-state index contributed by atoms with van der Waals surface area (Å²) in [7, 11) is 0. The summed E-state index contributed by atoms with van der Waals surface area (Å²) >= 11 is 0. The Labute approximate surface area is 103 Å². The van der Waals surface area contributed by atoms with Crippen LogP contribution in [-0.2, 0) is 16.1 Å². The molecule has 0 aliphatic heterocycles. The molecule has 1 rings (SSSR count). The molecule has 1 unspecified atom stereocenters. The fourth-order valence-corrected chi connectivity index (χ4v) is 1.57. The second-order valence-electron chi connectivity index (χ2n) is 4.21. The zero-order chi connectivity index (χ0) is 12.7. The molecule has 0 aliphatic carbocycles. The number of ether oxygens (including phenoxy) is 1. The maximum absolute atomic E-state index is 11.1. The molecule has 0 saturated heterocycles. The Bertz CT molecular complexity index is 363. The van der Waals surface area contributed by atoms with Crippen LogP contribution in [0, 0.1) is 6.92 Å². The summed E-state index contributed by atoms with van der Waals surface area (Å²) in [5, 5.41) is 3.29. The zero-order valence-electron chi connectivity index (χ0n) is 10.8. The van der Waals surface area contributed by atoms with Gasteiger partial charge >= 0.3 is 5.97 Å². The van der Waals surface area contributed by atoms with Gasteiger partial charge in [-0.3, -0.25) is 4.79 Å². The average molecular weight is 235 g/mol. The van der Waals surface area contributed by atoms with Crippen LogP contribution < -0.4 is 5.32 Å². The van der Waals surface area contributed by atoms with Crippen molar-refractivity contribution in [2.24, 2.45) is 0 Å². The first-order chi connectivity index (χ1) is 8.13. The molecule has 0 aliphatic rings. The quantitative estimate of drug-likeness (QED) is 0.770. The molecule has 0 aromatic heterocycles. The molecule has 0 radical (unpaired) electrons. The molecule has 0 bridgehead atoms. The van der Waals surface area contributed by atoms with Crippen molar-refractivity contribution in [1.82, 2.24) is 5.32 Å². The molecule has 0 spiro atoms. The highest BCUT2D eigenvalue weighted by molar-refractivity contribution is 5.69. The summed E-state index contributed by atoms with van der Waals surface area (Å²) in [6.07, 6.45) is 0.355. The van der Waals surface area contributed by atoms with Crippen LogP contribution >= 0.6 is 0 Å². The van der Waals surface area contributed by atoms with Gasteiger partial charge in [-0.1, -0.05) is 31.2 Å². The predicted octanol–water partition coefficient (Wildman–Crippen LogP) is 2.43. The lowest BCUT2D eigenvalue weighted by Gasteiger charge is -2.14. The van der Waals surface area contributed by atoms with Gasteiger partial charge < -0.3 is 10.1 Å². The summed E-state index contributed by atoms with van der Waals surface area (Å²) in [4.78, 5) is 11.1. The highest BCUT2D eigenvalue weighted by Crippen LogP contribution is 2.06. The third kappa shape index (κ3) is 5.00. The van der Waals surface area contributed by atoms with Crippen LogP contribution in [0.2, 0.25) is 0 Å². The fraction of sp³-hybridized carbons (Fsp3) is 0.500. The number of carbonyl (C=O) groups excluding carboxylic acids is 1. The highest BCUT2D eigenvalue weighted by atomic mass is 16.5. The maximum atomic E-state index is 11.1. The number of rotatable bonds is 6. The summed E-state index contributed by atoms with van der Waals surface area (Å²) in [6.45, 7) is 7.28. The van der Waals surface area contributed by atoms with E-state index in [-0.39, 0.29) is 12.1 Å². The zero-order valence-corrected chi connectivity index (χ0v) is 10.8. The minimum absolute atomic E-state index is 0.0773. The molecule has 1 aromatic rings. The van der Waals surface area contributed by atoms with E-state index in [0.717, 1.165) is 6.54 Å². The van der Waals surface area contributed by atoms with E-state index in [2.05, 4.69) is 24.4 Å². The van der Waals surface area contributed by atoms with Crippen molar-refractivity contribution in [2.45, 2.75) is 39.8 Å². The number of aryl methyl sites for hydroxylation is 1. The van der Waals surface area contributed by atoms with E-state index in [1.165, 1.54) is 11.1 Å². The van der Waals surface area contributed by atoms with E-state index in [4.69, 9.17) is 4.74 Å². The Balaban J connectivity index is 2.28. The number of benzene rings is 1. The van der Waals surface area contributed by atoms with Gasteiger partial charge in [0.25, 0.3) is 0 Å². The van der Waals surface area contributed by atoms with Crippen LogP contribution in [0.3, 0.4) is 0 Å². The van der Waals surface area contributed by atoms with E-state index in [1.54, 1.807) is 6.92 Å². The Kier molecular flexibility index (Phi) is 5.70. The maximum Gasteiger partial charge on any atom is 0.305 e. The van der Waals surface area contributed by atoms with E-state index in [9.17, 15) is 4.79 Å². The van der Waals surface area contributed by atoms with Gasteiger partial charge in [-0.15, -0.1) is 0 Å². The monoisotopic (exact) mass is 235 g/mol. The van der Waals surface area contributed by atoms with Gasteiger partial charge in [0.05, 0.1) is 0 Å². The van der Waals surface area contributed by atoms with Crippen LogP contribution in [0.1, 0.15) is 31.4 Å². The van der Waals surface area contributed by atoms with Crippen molar-refractivity contribution in [1.29, 1.82) is 0 Å². The summed E-state index contributed by atoms with van der Waals surface area (Å²) < 4.78 is 5.17. The lowest BCUT2D eigenvalue weighted by molar-refractivity contribution is -0.147. The summed E-state index contributed by atoms with van der Waals surface area (Å²) in [5.74, 6) is -0.143. The third-order valence-electron chi connectivity index (χ3n) is 2.63. The van der Waals surface area contributed by atoms with Crippen molar-refractivity contribution in [3.63, 3.8) is 0 Å². The van der Waals surface area contributed by atoms with Gasteiger partial charge in [-0.05, 0) is 25.0 Å². The largest absolute Gasteiger partial charge is 0.461 e. The van der Waals surface area contributed by atoms with Crippen LogP contribution in [0.4, 0.5) is 0 Å². The Morgan fingerprint density at radius 2 is 2.12 bits per heavy atom. The van der Waals surface area contributed by atoms with Gasteiger partial charge in [-0.25, -0.2) is 0 Å². The van der Waals surface area contributed by atoms with E-state index in [1.807, 2.05) is 19.1 Å². The summed E-state index contributed by atoms with van der Waals surface area (Å²) in [5.41, 5.74) is 2.56. The molecule has 0 amide bonds. The smallest absolute Gasteiger partial charge is 0.305 e. The molecule has 17 heavy (non-hydrogen) atoms. The topological polar surface area (TPSA) is 38.3 Å². The number of hydrogen-bond donors (Lipinski definition) is 1. The average Bonchev–Trinajstić information content (AvgIpc) is 2.31. The Morgan fingerprint density at radius 3 is 2.76 bits per heavy atom. The molecule has 1 aromatic carbocycles. The first-order valence-corrected chi connectivity index (χ1v) is 6.08. The second-order valence-corrected chi connectivity index (χ2v) is 4.21. The molecule has 0 heterocycles. The SMILES string of the molecule is CCC(=O)OC(C)CNCc1ccccc1C. The van der Waals surface area contributed by atoms with Gasteiger partial charge in [-0.2, -0.15) is 0 Å². The van der Waals surface area contributed by atoms with Gasteiger partial charge in [0.15, 0.2) is 0 Å². The van der Waals surface area contributed by atoms with Crippen molar-refractivity contribution in [2.75, 3.05) is 6.54 Å². The molecule has 0 saturated carbocycles. The molecule has 1 N–H and O–H groups in total. The minimum atomic E-state index is -0.143. The van der Waals surface area contributed by atoms with Crippen LogP contribution in [0.5, 0.6) is 0 Å². The molecule has 3 heteroatoms. The molecular formula is C14H21NO2. The van der Waals surface area contributed by atoms with Crippen molar-refractivity contribution < 1.29 is 9.53 Å². The van der Waals surface area contributed by atoms with Crippen molar-refractivity contribution in [3.05, 3.63) is 35.4 Å². The van der Waals surface area contributed by atoms with Gasteiger partial charge in [0, 0.05) is 19.5 Å². The number of esters is 1. The molecule has 1 atom stereocenters. The van der Waals surface area contributed by atoms with E-state index >= 15 is 0 Å². The number of hydrogen-bond acceptors (Lipinski definition) is 3. The third-order valence-corrected chi connectivity index (χ3v) is 2.63. The molecule has 3 nitrogen and oxygen atoms in total. The standard InChI is InChI=1S/C14H21NO2/c1-4-14(16)17-12(3)9-15-10-13-8-6-5-7-11(13)2/h5-8,12,15H,4,9-10H2,1-3H3. The van der Waals surface area contributed by atoms with Crippen molar-refractivity contribution in [3.8, 4) is 0 Å². The lowest BCUT2D eigenvalue weighted by atomic mass is 10.1. The lowest BCUT2D eigenvalue weighted by Crippen LogP contribution is -2.28. The van der Waals surface area contributed by atoms with Gasteiger partial charge in [0.2, 0.25) is 0 Å². The van der Waals surface area contributed by atoms with Crippen LogP contribution in [-0.4, -0.2) is 18.6 Å². The summed E-state index contributed by atoms with van der Waals surface area (Å²) in [6, 6.07) is 8.26. The molecular weight excluding hydrogens is 214 g/mol. The normalized spacial score (nSPS) is 12.2. The van der Waals surface area contributed by atoms with Crippen LogP contribution in [0.25, 0.3) is 0 Å². The number of nitrogens with one attached hydrogen (secondary N) is 1. The van der Waals surface area contributed by atoms with E-state index < -0.39 is 0 Å².